The minimum atomic E-state index is -0.553. The highest BCUT2D eigenvalue weighted by molar-refractivity contribution is 7.18. The maximum atomic E-state index is 13.0. The van der Waals surface area contributed by atoms with Crippen LogP contribution in [-0.2, 0) is 4.79 Å². The molecule has 164 valence electrons. The number of ether oxygens (including phenoxy) is 3. The fourth-order valence-electron chi connectivity index (χ4n) is 3.79. The van der Waals surface area contributed by atoms with E-state index in [0.29, 0.717) is 45.9 Å². The molecule has 0 bridgehead atoms. The van der Waals surface area contributed by atoms with Crippen LogP contribution in [0.5, 0.6) is 17.2 Å². The number of hydrogen-bond acceptors (Lipinski definition) is 8. The lowest BCUT2D eigenvalue weighted by atomic mass is 10.1. The Labute approximate surface area is 187 Å². The number of aromatic nitrogens is 2. The van der Waals surface area contributed by atoms with Gasteiger partial charge in [-0.15, -0.1) is 10.2 Å². The second-order valence-corrected chi connectivity index (χ2v) is 8.33. The lowest BCUT2D eigenvalue weighted by molar-refractivity contribution is -0.119. The monoisotopic (exact) mass is 452 g/mol. The van der Waals surface area contributed by atoms with Gasteiger partial charge in [0.05, 0.1) is 7.11 Å². The Morgan fingerprint density at radius 2 is 1.94 bits per heavy atom. The van der Waals surface area contributed by atoms with E-state index in [1.165, 1.54) is 11.3 Å². The van der Waals surface area contributed by atoms with Crippen LogP contribution in [0.4, 0.5) is 5.13 Å². The average Bonchev–Trinajstić information content (AvgIpc) is 3.58. The van der Waals surface area contributed by atoms with Crippen molar-refractivity contribution in [1.82, 2.24) is 15.1 Å². The van der Waals surface area contributed by atoms with E-state index in [4.69, 9.17) is 14.2 Å². The summed E-state index contributed by atoms with van der Waals surface area (Å²) in [5.74, 6) is 1.57. The number of hydrogen-bond donors (Lipinski definition) is 1. The minimum Gasteiger partial charge on any atom is -0.497 e. The van der Waals surface area contributed by atoms with E-state index in [1.807, 2.05) is 18.2 Å². The van der Waals surface area contributed by atoms with Crippen LogP contribution in [0.3, 0.4) is 0 Å². The van der Waals surface area contributed by atoms with Crippen molar-refractivity contribution in [3.8, 4) is 27.8 Å². The van der Waals surface area contributed by atoms with Crippen LogP contribution in [0.15, 0.2) is 42.5 Å². The lowest BCUT2D eigenvalue weighted by Crippen LogP contribution is -2.43. The average molecular weight is 452 g/mol. The predicted octanol–water partition coefficient (Wildman–Crippen LogP) is 3.19. The van der Waals surface area contributed by atoms with Crippen molar-refractivity contribution in [3.05, 3.63) is 48.0 Å². The zero-order chi connectivity index (χ0) is 22.1. The van der Waals surface area contributed by atoms with Gasteiger partial charge in [-0.2, -0.15) is 0 Å². The number of rotatable bonds is 5. The van der Waals surface area contributed by atoms with Crippen molar-refractivity contribution in [3.63, 3.8) is 0 Å². The molecule has 1 N–H and O–H groups in total. The van der Waals surface area contributed by atoms with Gasteiger partial charge in [0, 0.05) is 17.7 Å². The third kappa shape index (κ3) is 3.84. The smallest absolute Gasteiger partial charge is 0.254 e. The third-order valence-electron chi connectivity index (χ3n) is 5.43. The molecule has 1 atom stereocenters. The van der Waals surface area contributed by atoms with Gasteiger partial charge in [-0.1, -0.05) is 11.3 Å². The van der Waals surface area contributed by atoms with Crippen LogP contribution in [0.25, 0.3) is 10.6 Å². The Hall–Kier alpha value is -3.66. The number of fused-ring (bicyclic) bond motifs is 1. The van der Waals surface area contributed by atoms with Gasteiger partial charge in [0.25, 0.3) is 5.91 Å². The summed E-state index contributed by atoms with van der Waals surface area (Å²) >= 11 is 1.26. The van der Waals surface area contributed by atoms with Gasteiger partial charge in [0.2, 0.25) is 17.8 Å². The van der Waals surface area contributed by atoms with Crippen LogP contribution in [0.1, 0.15) is 23.2 Å². The number of likely N-dealkylation sites (tertiary alicyclic amines) is 1. The van der Waals surface area contributed by atoms with Gasteiger partial charge < -0.3 is 19.1 Å². The second kappa shape index (κ2) is 8.46. The normalized spacial score (nSPS) is 16.8. The van der Waals surface area contributed by atoms with Crippen LogP contribution >= 0.6 is 11.3 Å². The molecule has 2 aliphatic rings. The molecular formula is C22H20N4O5S. The molecule has 9 nitrogen and oxygen atoms in total. The van der Waals surface area contributed by atoms with E-state index in [-0.39, 0.29) is 18.6 Å². The fraction of sp³-hybridized carbons (Fsp3) is 0.273. The molecule has 10 heteroatoms. The van der Waals surface area contributed by atoms with Gasteiger partial charge in [-0.25, -0.2) is 0 Å². The van der Waals surface area contributed by atoms with Gasteiger partial charge in [-0.3, -0.25) is 14.9 Å². The molecule has 3 heterocycles. The van der Waals surface area contributed by atoms with Crippen LogP contribution in [0.2, 0.25) is 0 Å². The van der Waals surface area contributed by atoms with Gasteiger partial charge in [0.1, 0.15) is 16.8 Å². The van der Waals surface area contributed by atoms with Crippen molar-refractivity contribution in [2.75, 3.05) is 25.8 Å². The molecule has 1 saturated heterocycles. The first-order valence-electron chi connectivity index (χ1n) is 10.1. The Kier molecular flexibility index (Phi) is 5.36. The molecule has 1 fully saturated rings. The van der Waals surface area contributed by atoms with E-state index < -0.39 is 6.04 Å². The second-order valence-electron chi connectivity index (χ2n) is 7.35. The van der Waals surface area contributed by atoms with E-state index in [9.17, 15) is 9.59 Å². The molecule has 0 saturated carbocycles. The summed E-state index contributed by atoms with van der Waals surface area (Å²) in [6, 6.07) is 11.8. The number of nitrogens with zero attached hydrogens (tertiary/aromatic N) is 3. The molecule has 0 spiro atoms. The Morgan fingerprint density at radius 3 is 2.75 bits per heavy atom. The maximum Gasteiger partial charge on any atom is 0.254 e. The maximum absolute atomic E-state index is 13.0. The molecular weight excluding hydrogens is 432 g/mol. The summed E-state index contributed by atoms with van der Waals surface area (Å²) in [6.45, 7) is 0.727. The van der Waals surface area contributed by atoms with Gasteiger partial charge in [0.15, 0.2) is 11.5 Å². The summed E-state index contributed by atoms with van der Waals surface area (Å²) in [5, 5.41) is 12.1. The van der Waals surface area contributed by atoms with Crippen molar-refractivity contribution >= 4 is 28.3 Å². The first-order valence-corrected chi connectivity index (χ1v) is 10.9. The molecule has 3 aromatic rings. The van der Waals surface area contributed by atoms with Gasteiger partial charge in [-0.05, 0) is 55.3 Å². The molecule has 32 heavy (non-hydrogen) atoms. The molecule has 1 aromatic heterocycles. The summed E-state index contributed by atoms with van der Waals surface area (Å²) in [4.78, 5) is 27.5. The molecule has 2 aromatic carbocycles. The molecule has 1 unspecified atom stereocenters. The Bertz CT molecular complexity index is 1160. The first kappa shape index (κ1) is 20.3. The molecule has 0 radical (unpaired) electrons. The lowest BCUT2D eigenvalue weighted by Gasteiger charge is -2.23. The Morgan fingerprint density at radius 1 is 1.12 bits per heavy atom. The van der Waals surface area contributed by atoms with Crippen LogP contribution in [-0.4, -0.2) is 53.4 Å². The van der Waals surface area contributed by atoms with Crippen molar-refractivity contribution in [2.45, 2.75) is 18.9 Å². The van der Waals surface area contributed by atoms with Crippen LogP contribution in [0, 0.1) is 0 Å². The number of carbonyl (C=O) groups is 2. The standard InChI is InChI=1S/C22H20N4O5S/c1-29-15-7-4-13(5-8-15)21(28)26-10-2-3-16(26)19(27)23-22-25-24-20(32-22)14-6-9-17-18(11-14)31-12-30-17/h4-9,11,16H,2-3,10,12H2,1H3,(H,23,25,27). The van der Waals surface area contributed by atoms with E-state index in [0.717, 1.165) is 12.0 Å². The first-order chi connectivity index (χ1) is 15.6. The minimum absolute atomic E-state index is 0.177. The molecule has 5 rings (SSSR count). The molecule has 2 aliphatic heterocycles. The summed E-state index contributed by atoms with van der Waals surface area (Å²) < 4.78 is 15.9. The summed E-state index contributed by atoms with van der Waals surface area (Å²) in [7, 11) is 1.57. The number of benzene rings is 2. The predicted molar refractivity (Wildman–Crippen MR) is 117 cm³/mol. The highest BCUT2D eigenvalue weighted by atomic mass is 32.1. The van der Waals surface area contributed by atoms with Crippen molar-refractivity contribution in [2.24, 2.45) is 0 Å². The number of methoxy groups -OCH3 is 1. The highest BCUT2D eigenvalue weighted by Gasteiger charge is 2.35. The largest absolute Gasteiger partial charge is 0.497 e. The summed E-state index contributed by atoms with van der Waals surface area (Å²) in [6.07, 6.45) is 1.36. The quantitative estimate of drug-likeness (QED) is 0.634. The van der Waals surface area contributed by atoms with Gasteiger partial charge >= 0.3 is 0 Å². The van der Waals surface area contributed by atoms with E-state index in [1.54, 1.807) is 36.3 Å². The van der Waals surface area contributed by atoms with Crippen LogP contribution < -0.4 is 19.5 Å². The SMILES string of the molecule is COc1ccc(C(=O)N2CCCC2C(=O)Nc2nnc(-c3ccc4c(c3)OCO4)s2)cc1. The number of nitrogens with one attached hydrogen (secondary N) is 1. The number of amides is 2. The topological polar surface area (TPSA) is 103 Å². The third-order valence-corrected chi connectivity index (χ3v) is 6.32. The van der Waals surface area contributed by atoms with E-state index in [2.05, 4.69) is 15.5 Å². The van der Waals surface area contributed by atoms with Crippen molar-refractivity contribution < 1.29 is 23.8 Å². The Balaban J connectivity index is 1.27. The van der Waals surface area contributed by atoms with E-state index >= 15 is 0 Å². The number of carbonyl (C=O) groups excluding carboxylic acids is 2. The number of anilines is 1. The van der Waals surface area contributed by atoms with Crippen molar-refractivity contribution in [1.29, 1.82) is 0 Å². The zero-order valence-corrected chi connectivity index (χ0v) is 18.1. The molecule has 0 aliphatic carbocycles. The zero-order valence-electron chi connectivity index (χ0n) is 17.2. The highest BCUT2D eigenvalue weighted by Crippen LogP contribution is 2.37. The summed E-state index contributed by atoms with van der Waals surface area (Å²) in [5.41, 5.74) is 1.34. The fourth-order valence-corrected chi connectivity index (χ4v) is 4.53. The molecule has 2 amide bonds.